The summed E-state index contributed by atoms with van der Waals surface area (Å²) in [5.41, 5.74) is 6.18. The van der Waals surface area contributed by atoms with Gasteiger partial charge in [-0.1, -0.05) is 6.92 Å². The van der Waals surface area contributed by atoms with Crippen LogP contribution in [-0.4, -0.2) is 37.0 Å². The fourth-order valence-electron chi connectivity index (χ4n) is 2.17. The Balaban J connectivity index is 2.82. The maximum absolute atomic E-state index is 11.7. The molecule has 0 aliphatic heterocycles. The second-order valence-corrected chi connectivity index (χ2v) is 4.83. The highest BCUT2D eigenvalue weighted by molar-refractivity contribution is 5.77. The van der Waals surface area contributed by atoms with Gasteiger partial charge in [-0.25, -0.2) is 0 Å². The van der Waals surface area contributed by atoms with Gasteiger partial charge in [-0.2, -0.15) is 0 Å². The second kappa shape index (κ2) is 7.31. The van der Waals surface area contributed by atoms with Crippen LogP contribution in [-0.2, 0) is 4.79 Å². The van der Waals surface area contributed by atoms with Crippen molar-refractivity contribution in [2.45, 2.75) is 39.3 Å². The molecular weight excluding hydrogens is 242 g/mol. The van der Waals surface area contributed by atoms with Gasteiger partial charge in [-0.15, -0.1) is 0 Å². The van der Waals surface area contributed by atoms with Gasteiger partial charge in [0.25, 0.3) is 0 Å². The molecule has 1 heterocycles. The standard InChI is InChI=1S/C14H25N3O2/c1-5-11(15)14(12-8-7-10(3)19-12)17(4)9-13(18)16-6-2/h7-8,11,14H,5-6,9,15H2,1-4H3,(H,16,18). The predicted molar refractivity (Wildman–Crippen MR) is 75.8 cm³/mol. The van der Waals surface area contributed by atoms with E-state index in [1.807, 2.05) is 44.9 Å². The summed E-state index contributed by atoms with van der Waals surface area (Å²) in [5, 5.41) is 2.79. The molecule has 1 aromatic heterocycles. The average Bonchev–Trinajstić information content (AvgIpc) is 2.75. The number of hydrogen-bond donors (Lipinski definition) is 2. The first-order valence-corrected chi connectivity index (χ1v) is 6.78. The Labute approximate surface area is 115 Å². The Kier molecular flexibility index (Phi) is 6.05. The lowest BCUT2D eigenvalue weighted by molar-refractivity contribution is -0.122. The minimum absolute atomic E-state index is 0.00146. The molecule has 5 heteroatoms. The van der Waals surface area contributed by atoms with Crippen LogP contribution in [0.5, 0.6) is 0 Å². The number of rotatable bonds is 7. The van der Waals surface area contributed by atoms with E-state index in [0.717, 1.165) is 17.9 Å². The van der Waals surface area contributed by atoms with Crippen LogP contribution >= 0.6 is 0 Å². The van der Waals surface area contributed by atoms with E-state index in [0.29, 0.717) is 13.1 Å². The Morgan fingerprint density at radius 1 is 1.47 bits per heavy atom. The molecule has 0 saturated heterocycles. The number of furan rings is 1. The molecule has 0 saturated carbocycles. The molecule has 0 aliphatic rings. The maximum Gasteiger partial charge on any atom is 0.234 e. The number of carbonyl (C=O) groups excluding carboxylic acids is 1. The average molecular weight is 267 g/mol. The van der Waals surface area contributed by atoms with Crippen LogP contribution in [0.25, 0.3) is 0 Å². The number of likely N-dealkylation sites (N-methyl/N-ethyl adjacent to an activating group) is 2. The fourth-order valence-corrected chi connectivity index (χ4v) is 2.17. The third-order valence-corrected chi connectivity index (χ3v) is 3.17. The minimum atomic E-state index is -0.0821. The lowest BCUT2D eigenvalue weighted by Gasteiger charge is -2.30. The van der Waals surface area contributed by atoms with Crippen molar-refractivity contribution in [1.82, 2.24) is 10.2 Å². The summed E-state index contributed by atoms with van der Waals surface area (Å²) in [6.45, 7) is 6.79. The molecule has 1 amide bonds. The van der Waals surface area contributed by atoms with Gasteiger partial charge in [0.1, 0.15) is 11.5 Å². The Hall–Kier alpha value is -1.33. The van der Waals surface area contributed by atoms with Gasteiger partial charge < -0.3 is 15.5 Å². The molecule has 3 N–H and O–H groups in total. The third kappa shape index (κ3) is 4.36. The normalized spacial score (nSPS) is 14.4. The number of amides is 1. The molecule has 5 nitrogen and oxygen atoms in total. The van der Waals surface area contributed by atoms with Crippen LogP contribution < -0.4 is 11.1 Å². The van der Waals surface area contributed by atoms with E-state index in [2.05, 4.69) is 5.32 Å². The minimum Gasteiger partial charge on any atom is -0.465 e. The van der Waals surface area contributed by atoms with E-state index in [1.165, 1.54) is 0 Å². The van der Waals surface area contributed by atoms with Crippen molar-refractivity contribution in [3.63, 3.8) is 0 Å². The first-order chi connectivity index (χ1) is 8.99. The zero-order valence-electron chi connectivity index (χ0n) is 12.3. The molecule has 0 aliphatic carbocycles. The van der Waals surface area contributed by atoms with Crippen molar-refractivity contribution in [3.8, 4) is 0 Å². The predicted octanol–water partition coefficient (Wildman–Crippen LogP) is 1.43. The van der Waals surface area contributed by atoms with Crippen LogP contribution in [0, 0.1) is 6.92 Å². The SMILES string of the molecule is CCNC(=O)CN(C)C(c1ccc(C)o1)C(N)CC. The number of nitrogens with zero attached hydrogens (tertiary/aromatic N) is 1. The quantitative estimate of drug-likeness (QED) is 0.784. The van der Waals surface area contributed by atoms with Crippen molar-refractivity contribution in [2.24, 2.45) is 5.73 Å². The molecule has 0 bridgehead atoms. The smallest absolute Gasteiger partial charge is 0.234 e. The molecule has 19 heavy (non-hydrogen) atoms. The number of nitrogens with one attached hydrogen (secondary N) is 1. The monoisotopic (exact) mass is 267 g/mol. The summed E-state index contributed by atoms with van der Waals surface area (Å²) >= 11 is 0. The van der Waals surface area contributed by atoms with E-state index in [1.54, 1.807) is 0 Å². The molecule has 0 aromatic carbocycles. The fraction of sp³-hybridized carbons (Fsp3) is 0.643. The van der Waals surface area contributed by atoms with Crippen molar-refractivity contribution >= 4 is 5.91 Å². The van der Waals surface area contributed by atoms with E-state index in [4.69, 9.17) is 10.2 Å². The molecular formula is C14H25N3O2. The third-order valence-electron chi connectivity index (χ3n) is 3.17. The molecule has 0 spiro atoms. The highest BCUT2D eigenvalue weighted by atomic mass is 16.3. The van der Waals surface area contributed by atoms with Gasteiger partial charge in [0.15, 0.2) is 0 Å². The molecule has 0 radical (unpaired) electrons. The van der Waals surface area contributed by atoms with Gasteiger partial charge in [0.2, 0.25) is 5.91 Å². The summed E-state index contributed by atoms with van der Waals surface area (Å²) in [6, 6.07) is 3.71. The van der Waals surface area contributed by atoms with Crippen LogP contribution in [0.2, 0.25) is 0 Å². The Morgan fingerprint density at radius 2 is 2.16 bits per heavy atom. The summed E-state index contributed by atoms with van der Waals surface area (Å²) in [4.78, 5) is 13.6. The van der Waals surface area contributed by atoms with Gasteiger partial charge in [0.05, 0.1) is 12.6 Å². The summed E-state index contributed by atoms with van der Waals surface area (Å²) in [7, 11) is 1.90. The molecule has 1 aromatic rings. The first kappa shape index (κ1) is 15.7. The highest BCUT2D eigenvalue weighted by Crippen LogP contribution is 2.25. The number of hydrogen-bond acceptors (Lipinski definition) is 4. The summed E-state index contributed by atoms with van der Waals surface area (Å²) in [6.07, 6.45) is 0.824. The maximum atomic E-state index is 11.7. The van der Waals surface area contributed by atoms with Crippen LogP contribution in [0.15, 0.2) is 16.5 Å². The van der Waals surface area contributed by atoms with Crippen LogP contribution in [0.1, 0.15) is 37.8 Å². The van der Waals surface area contributed by atoms with Crippen LogP contribution in [0.3, 0.4) is 0 Å². The van der Waals surface area contributed by atoms with Crippen molar-refractivity contribution in [1.29, 1.82) is 0 Å². The zero-order valence-corrected chi connectivity index (χ0v) is 12.3. The first-order valence-electron chi connectivity index (χ1n) is 6.78. The van der Waals surface area contributed by atoms with Crippen molar-refractivity contribution in [3.05, 3.63) is 23.7 Å². The zero-order chi connectivity index (χ0) is 14.4. The van der Waals surface area contributed by atoms with Gasteiger partial charge in [0, 0.05) is 12.6 Å². The van der Waals surface area contributed by atoms with Crippen LogP contribution in [0.4, 0.5) is 0 Å². The second-order valence-electron chi connectivity index (χ2n) is 4.83. The summed E-state index contributed by atoms with van der Waals surface area (Å²) < 4.78 is 5.68. The molecule has 2 unspecified atom stereocenters. The number of nitrogens with two attached hydrogens (primary N) is 1. The number of aryl methyl sites for hydroxylation is 1. The van der Waals surface area contributed by atoms with Crippen molar-refractivity contribution < 1.29 is 9.21 Å². The van der Waals surface area contributed by atoms with E-state index in [9.17, 15) is 4.79 Å². The molecule has 1 rings (SSSR count). The van der Waals surface area contributed by atoms with Gasteiger partial charge in [-0.3, -0.25) is 9.69 Å². The summed E-state index contributed by atoms with van der Waals surface area (Å²) in [5.74, 6) is 1.68. The van der Waals surface area contributed by atoms with Crippen molar-refractivity contribution in [2.75, 3.05) is 20.1 Å². The van der Waals surface area contributed by atoms with Gasteiger partial charge in [-0.05, 0) is 39.4 Å². The topological polar surface area (TPSA) is 71.5 Å². The van der Waals surface area contributed by atoms with E-state index < -0.39 is 0 Å². The Bertz CT molecular complexity index is 403. The lowest BCUT2D eigenvalue weighted by Crippen LogP contribution is -2.43. The van der Waals surface area contributed by atoms with Gasteiger partial charge >= 0.3 is 0 Å². The lowest BCUT2D eigenvalue weighted by atomic mass is 10.0. The molecule has 0 fully saturated rings. The Morgan fingerprint density at radius 3 is 2.63 bits per heavy atom. The largest absolute Gasteiger partial charge is 0.465 e. The molecule has 108 valence electrons. The van der Waals surface area contributed by atoms with E-state index >= 15 is 0 Å². The highest BCUT2D eigenvalue weighted by Gasteiger charge is 2.27. The van der Waals surface area contributed by atoms with E-state index in [-0.39, 0.29) is 18.0 Å². The molecule has 2 atom stereocenters. The number of carbonyl (C=O) groups is 1.